The second-order valence-electron chi connectivity index (χ2n) is 6.98. The van der Waals surface area contributed by atoms with Crippen LogP contribution in [0.1, 0.15) is 37.1 Å². The van der Waals surface area contributed by atoms with E-state index < -0.39 is 0 Å². The monoisotopic (exact) mass is 340 g/mol. The molecule has 2 fully saturated rings. The number of aryl methyl sites for hydroxylation is 2. The van der Waals surface area contributed by atoms with E-state index >= 15 is 0 Å². The van der Waals surface area contributed by atoms with Crippen molar-refractivity contribution in [3.05, 3.63) is 41.9 Å². The van der Waals surface area contributed by atoms with E-state index in [1.807, 2.05) is 17.0 Å². The molecule has 1 saturated carbocycles. The van der Waals surface area contributed by atoms with Crippen LogP contribution < -0.4 is 0 Å². The van der Waals surface area contributed by atoms with Gasteiger partial charge in [-0.2, -0.15) is 0 Å². The van der Waals surface area contributed by atoms with Crippen LogP contribution in [-0.2, 0) is 16.0 Å². The van der Waals surface area contributed by atoms with E-state index in [1.54, 1.807) is 6.20 Å². The molecule has 1 saturated heterocycles. The molecule has 1 aliphatic carbocycles. The molecule has 1 aromatic carbocycles. The van der Waals surface area contributed by atoms with E-state index in [-0.39, 0.29) is 18.1 Å². The van der Waals surface area contributed by atoms with Gasteiger partial charge in [-0.3, -0.25) is 4.79 Å². The lowest BCUT2D eigenvalue weighted by Crippen LogP contribution is -2.51. The predicted molar refractivity (Wildman–Crippen MR) is 94.1 cm³/mol. The summed E-state index contributed by atoms with van der Waals surface area (Å²) in [5.41, 5.74) is 2.22. The Kier molecular flexibility index (Phi) is 4.57. The van der Waals surface area contributed by atoms with E-state index in [2.05, 4.69) is 24.0 Å². The summed E-state index contributed by atoms with van der Waals surface area (Å²) >= 11 is 0. The first-order valence-electron chi connectivity index (χ1n) is 9.13. The van der Waals surface area contributed by atoms with Gasteiger partial charge in [0.15, 0.2) is 11.7 Å². The molecule has 132 valence electrons. The van der Waals surface area contributed by atoms with Crippen LogP contribution >= 0.6 is 0 Å². The molecular formula is C20H24N2O3. The molecule has 0 radical (unpaired) electrons. The highest BCUT2D eigenvalue weighted by Gasteiger charge is 2.38. The number of aromatic nitrogens is 1. The van der Waals surface area contributed by atoms with Gasteiger partial charge in [-0.25, -0.2) is 4.98 Å². The van der Waals surface area contributed by atoms with E-state index in [9.17, 15) is 4.79 Å². The Hall–Kier alpha value is -2.14. The van der Waals surface area contributed by atoms with Gasteiger partial charge in [-0.05, 0) is 26.2 Å². The van der Waals surface area contributed by atoms with Crippen molar-refractivity contribution in [2.24, 2.45) is 0 Å². The lowest BCUT2D eigenvalue weighted by Gasteiger charge is -2.37. The number of carbonyl (C=O) groups is 1. The van der Waals surface area contributed by atoms with Crippen molar-refractivity contribution in [1.29, 1.82) is 0 Å². The standard InChI is InChI=1S/C20H24N2O3/c1-14-5-7-15(8-6-14)18-13-21-19(25-18)9-10-20(23)22-11-12-24-17-4-2-3-16(17)22/h5-8,13,16-17H,2-4,9-12H2,1H3/t16-,17+/m1/s1. The van der Waals surface area contributed by atoms with Gasteiger partial charge in [0.25, 0.3) is 0 Å². The average molecular weight is 340 g/mol. The molecule has 1 amide bonds. The zero-order valence-corrected chi connectivity index (χ0v) is 14.6. The molecule has 4 rings (SSSR count). The minimum Gasteiger partial charge on any atom is -0.441 e. The van der Waals surface area contributed by atoms with Crippen molar-refractivity contribution in [1.82, 2.24) is 9.88 Å². The molecule has 0 unspecified atom stereocenters. The number of hydrogen-bond donors (Lipinski definition) is 0. The molecule has 0 bridgehead atoms. The maximum atomic E-state index is 12.6. The minimum atomic E-state index is 0.190. The maximum absolute atomic E-state index is 12.6. The highest BCUT2D eigenvalue weighted by Crippen LogP contribution is 2.30. The predicted octanol–water partition coefficient (Wildman–Crippen LogP) is 3.36. The second-order valence-corrected chi connectivity index (χ2v) is 6.98. The van der Waals surface area contributed by atoms with Gasteiger partial charge in [0.2, 0.25) is 5.91 Å². The Balaban J connectivity index is 1.37. The molecule has 1 aromatic heterocycles. The third-order valence-corrected chi connectivity index (χ3v) is 5.24. The SMILES string of the molecule is Cc1ccc(-c2cnc(CCC(=O)N3CCO[C@H]4CCC[C@H]43)o2)cc1. The Bertz CT molecular complexity index is 738. The smallest absolute Gasteiger partial charge is 0.223 e. The fourth-order valence-electron chi connectivity index (χ4n) is 3.87. The summed E-state index contributed by atoms with van der Waals surface area (Å²) in [5, 5.41) is 0. The van der Waals surface area contributed by atoms with Gasteiger partial charge < -0.3 is 14.1 Å². The van der Waals surface area contributed by atoms with Crippen molar-refractivity contribution in [2.75, 3.05) is 13.2 Å². The van der Waals surface area contributed by atoms with Crippen LogP contribution in [0.3, 0.4) is 0 Å². The van der Waals surface area contributed by atoms with Crippen molar-refractivity contribution in [3.8, 4) is 11.3 Å². The minimum absolute atomic E-state index is 0.190. The van der Waals surface area contributed by atoms with Crippen LogP contribution in [0.4, 0.5) is 0 Å². The van der Waals surface area contributed by atoms with E-state index in [0.717, 1.165) is 30.6 Å². The number of hydrogen-bond acceptors (Lipinski definition) is 4. The number of rotatable bonds is 4. The zero-order chi connectivity index (χ0) is 17.2. The third kappa shape index (κ3) is 3.47. The summed E-state index contributed by atoms with van der Waals surface area (Å²) in [6.07, 6.45) is 6.26. The number of morpholine rings is 1. The first kappa shape index (κ1) is 16.3. The molecule has 0 N–H and O–H groups in total. The van der Waals surface area contributed by atoms with Crippen LogP contribution in [0.15, 0.2) is 34.9 Å². The second kappa shape index (κ2) is 7.00. The van der Waals surface area contributed by atoms with E-state index in [4.69, 9.17) is 9.15 Å². The van der Waals surface area contributed by atoms with Gasteiger partial charge in [0.1, 0.15) is 0 Å². The lowest BCUT2D eigenvalue weighted by atomic mass is 10.1. The number of amides is 1. The fraction of sp³-hybridized carbons (Fsp3) is 0.500. The largest absolute Gasteiger partial charge is 0.441 e. The van der Waals surface area contributed by atoms with Crippen molar-refractivity contribution >= 4 is 5.91 Å². The van der Waals surface area contributed by atoms with Gasteiger partial charge >= 0.3 is 0 Å². The number of benzene rings is 1. The van der Waals surface area contributed by atoms with Crippen LogP contribution in [-0.4, -0.2) is 41.1 Å². The molecule has 1 aliphatic heterocycles. The highest BCUT2D eigenvalue weighted by atomic mass is 16.5. The Labute approximate surface area is 148 Å². The molecule has 5 nitrogen and oxygen atoms in total. The van der Waals surface area contributed by atoms with Crippen molar-refractivity contribution in [2.45, 2.75) is 51.2 Å². The van der Waals surface area contributed by atoms with E-state index in [0.29, 0.717) is 31.9 Å². The molecule has 5 heteroatoms. The van der Waals surface area contributed by atoms with Crippen molar-refractivity contribution in [3.63, 3.8) is 0 Å². The first-order chi connectivity index (χ1) is 12.2. The van der Waals surface area contributed by atoms with Gasteiger partial charge in [-0.15, -0.1) is 0 Å². The van der Waals surface area contributed by atoms with Crippen LogP contribution in [0.5, 0.6) is 0 Å². The first-order valence-corrected chi connectivity index (χ1v) is 9.13. The van der Waals surface area contributed by atoms with E-state index in [1.165, 1.54) is 5.56 Å². The molecule has 2 aliphatic rings. The molecule has 25 heavy (non-hydrogen) atoms. The molecule has 2 aromatic rings. The number of oxazole rings is 1. The van der Waals surface area contributed by atoms with Gasteiger partial charge in [-0.1, -0.05) is 29.8 Å². The van der Waals surface area contributed by atoms with Gasteiger partial charge in [0, 0.05) is 24.9 Å². The molecular weight excluding hydrogens is 316 g/mol. The average Bonchev–Trinajstić information content (AvgIpc) is 3.29. The molecule has 0 spiro atoms. The highest BCUT2D eigenvalue weighted by molar-refractivity contribution is 5.77. The topological polar surface area (TPSA) is 55.6 Å². The van der Waals surface area contributed by atoms with Crippen molar-refractivity contribution < 1.29 is 13.9 Å². The number of ether oxygens (including phenoxy) is 1. The fourth-order valence-corrected chi connectivity index (χ4v) is 3.87. The maximum Gasteiger partial charge on any atom is 0.223 e. The number of carbonyl (C=O) groups excluding carboxylic acids is 1. The summed E-state index contributed by atoms with van der Waals surface area (Å²) in [7, 11) is 0. The normalized spacial score (nSPS) is 22.8. The zero-order valence-electron chi connectivity index (χ0n) is 14.6. The summed E-state index contributed by atoms with van der Waals surface area (Å²) in [4.78, 5) is 19.0. The summed E-state index contributed by atoms with van der Waals surface area (Å²) in [6, 6.07) is 8.43. The Morgan fingerprint density at radius 2 is 2.12 bits per heavy atom. The molecule has 2 atom stereocenters. The Morgan fingerprint density at radius 3 is 2.96 bits per heavy atom. The summed E-state index contributed by atoms with van der Waals surface area (Å²) < 4.78 is 11.6. The Morgan fingerprint density at radius 1 is 1.28 bits per heavy atom. The number of nitrogens with zero attached hydrogens (tertiary/aromatic N) is 2. The van der Waals surface area contributed by atoms with Crippen LogP contribution in [0, 0.1) is 6.92 Å². The summed E-state index contributed by atoms with van der Waals surface area (Å²) in [5.74, 6) is 1.57. The lowest BCUT2D eigenvalue weighted by molar-refractivity contribution is -0.144. The number of fused-ring (bicyclic) bond motifs is 1. The molecule has 2 heterocycles. The van der Waals surface area contributed by atoms with Gasteiger partial charge in [0.05, 0.1) is 24.9 Å². The van der Waals surface area contributed by atoms with Crippen LogP contribution in [0.2, 0.25) is 0 Å². The quantitative estimate of drug-likeness (QED) is 0.856. The summed E-state index contributed by atoms with van der Waals surface area (Å²) in [6.45, 7) is 3.42. The third-order valence-electron chi connectivity index (χ3n) is 5.24. The van der Waals surface area contributed by atoms with Crippen LogP contribution in [0.25, 0.3) is 11.3 Å².